The number of carbonyl (C=O) groups is 1. The maximum Gasteiger partial charge on any atom is 0.251 e. The van der Waals surface area contributed by atoms with Gasteiger partial charge in [-0.05, 0) is 48.9 Å². The highest BCUT2D eigenvalue weighted by Crippen LogP contribution is 2.18. The molecule has 0 aliphatic heterocycles. The van der Waals surface area contributed by atoms with Crippen LogP contribution in [0.5, 0.6) is 0 Å². The Morgan fingerprint density at radius 1 is 1.04 bits per heavy atom. The number of sulfonamides is 1. The summed E-state index contributed by atoms with van der Waals surface area (Å²) in [4.78, 5) is 12.5. The Labute approximate surface area is 150 Å². The molecule has 7 heteroatoms. The van der Waals surface area contributed by atoms with Crippen molar-refractivity contribution in [3.63, 3.8) is 0 Å². The fraction of sp³-hybridized carbons (Fsp3) is 0.235. The first-order valence-corrected chi connectivity index (χ1v) is 9.54. The van der Waals surface area contributed by atoms with Crippen LogP contribution in [0.3, 0.4) is 0 Å². The predicted octanol–water partition coefficient (Wildman–Crippen LogP) is 3.19. The molecular weight excluding hydrogens is 392 g/mol. The number of nitrogens with one attached hydrogen (secondary N) is 1. The average Bonchev–Trinajstić information content (AvgIpc) is 2.55. The van der Waals surface area contributed by atoms with Crippen LogP contribution >= 0.6 is 15.9 Å². The second-order valence-electron chi connectivity index (χ2n) is 5.56. The van der Waals surface area contributed by atoms with Crippen LogP contribution in [0.4, 0.5) is 0 Å². The summed E-state index contributed by atoms with van der Waals surface area (Å²) in [6.07, 6.45) is 0. The summed E-state index contributed by atoms with van der Waals surface area (Å²) in [5, 5.41) is 2.90. The molecule has 1 N–H and O–H groups in total. The molecule has 24 heavy (non-hydrogen) atoms. The zero-order valence-corrected chi connectivity index (χ0v) is 16.1. The van der Waals surface area contributed by atoms with Gasteiger partial charge >= 0.3 is 0 Å². The number of carbonyl (C=O) groups excluding carboxylic acids is 1. The number of halogens is 1. The Kier molecular flexibility index (Phi) is 5.79. The number of hydrogen-bond acceptors (Lipinski definition) is 3. The number of nitrogens with zero attached hydrogens (tertiary/aromatic N) is 1. The summed E-state index contributed by atoms with van der Waals surface area (Å²) in [7, 11) is -0.556. The van der Waals surface area contributed by atoms with Crippen molar-refractivity contribution in [3.8, 4) is 0 Å². The van der Waals surface area contributed by atoms with Gasteiger partial charge < -0.3 is 5.32 Å². The van der Waals surface area contributed by atoms with Crippen molar-refractivity contribution in [2.75, 3.05) is 14.1 Å². The van der Waals surface area contributed by atoms with Gasteiger partial charge in [0, 0.05) is 24.1 Å². The molecule has 0 aliphatic carbocycles. The number of amides is 1. The van der Waals surface area contributed by atoms with Crippen molar-refractivity contribution in [1.82, 2.24) is 9.62 Å². The first-order chi connectivity index (χ1) is 11.2. The molecule has 2 rings (SSSR count). The molecular formula is C17H19BrN2O3S. The molecule has 0 spiro atoms. The van der Waals surface area contributed by atoms with Crippen LogP contribution in [0.2, 0.25) is 0 Å². The van der Waals surface area contributed by atoms with E-state index in [9.17, 15) is 13.2 Å². The lowest BCUT2D eigenvalue weighted by Crippen LogP contribution is -2.27. The van der Waals surface area contributed by atoms with Gasteiger partial charge in [0.2, 0.25) is 10.0 Å². The van der Waals surface area contributed by atoms with E-state index >= 15 is 0 Å². The lowest BCUT2D eigenvalue weighted by atomic mass is 10.1. The zero-order valence-electron chi connectivity index (χ0n) is 13.7. The smallest absolute Gasteiger partial charge is 0.251 e. The average molecular weight is 411 g/mol. The second kappa shape index (κ2) is 7.46. The number of hydrogen-bond donors (Lipinski definition) is 1. The maximum atomic E-state index is 12.3. The summed E-state index contributed by atoms with van der Waals surface area (Å²) in [5.41, 5.74) is 1.40. The van der Waals surface area contributed by atoms with E-state index in [1.54, 1.807) is 0 Å². The summed E-state index contributed by atoms with van der Waals surface area (Å²) < 4.78 is 26.2. The van der Waals surface area contributed by atoms with Crippen molar-refractivity contribution in [1.29, 1.82) is 0 Å². The van der Waals surface area contributed by atoms with Crippen molar-refractivity contribution >= 4 is 31.9 Å². The minimum atomic E-state index is -3.49. The molecule has 5 nitrogen and oxygen atoms in total. The number of rotatable bonds is 5. The SMILES string of the molecule is C[C@@H](NC(=O)c1ccc(S(=O)(=O)N(C)C)cc1)c1ccc(Br)cc1. The Balaban J connectivity index is 2.11. The third-order valence-corrected chi connectivity index (χ3v) is 5.97. The second-order valence-corrected chi connectivity index (χ2v) is 8.63. The van der Waals surface area contributed by atoms with Crippen molar-refractivity contribution in [3.05, 3.63) is 64.1 Å². The largest absolute Gasteiger partial charge is 0.346 e. The van der Waals surface area contributed by atoms with Gasteiger partial charge in [-0.25, -0.2) is 12.7 Å². The summed E-state index contributed by atoms with van der Waals surface area (Å²) in [6, 6.07) is 13.4. The minimum Gasteiger partial charge on any atom is -0.346 e. The molecule has 2 aromatic carbocycles. The fourth-order valence-electron chi connectivity index (χ4n) is 2.10. The molecule has 0 radical (unpaired) electrons. The van der Waals surface area contributed by atoms with Gasteiger partial charge in [0.05, 0.1) is 10.9 Å². The van der Waals surface area contributed by atoms with Gasteiger partial charge in [-0.1, -0.05) is 28.1 Å². The third-order valence-electron chi connectivity index (χ3n) is 3.61. The van der Waals surface area contributed by atoms with Gasteiger partial charge in [0.15, 0.2) is 0 Å². The molecule has 2 aromatic rings. The zero-order chi connectivity index (χ0) is 17.9. The van der Waals surface area contributed by atoms with E-state index < -0.39 is 10.0 Å². The topological polar surface area (TPSA) is 66.5 Å². The van der Waals surface area contributed by atoms with E-state index in [0.717, 1.165) is 14.3 Å². The van der Waals surface area contributed by atoms with Crippen molar-refractivity contribution < 1.29 is 13.2 Å². The lowest BCUT2D eigenvalue weighted by molar-refractivity contribution is 0.0940. The molecule has 0 bridgehead atoms. The van der Waals surface area contributed by atoms with Gasteiger partial charge in [0.25, 0.3) is 5.91 Å². The molecule has 1 atom stereocenters. The number of benzene rings is 2. The van der Waals surface area contributed by atoms with Crippen LogP contribution in [-0.2, 0) is 10.0 Å². The monoisotopic (exact) mass is 410 g/mol. The quantitative estimate of drug-likeness (QED) is 0.822. The van der Waals surface area contributed by atoms with E-state index in [1.807, 2.05) is 31.2 Å². The Bertz CT molecular complexity index is 816. The van der Waals surface area contributed by atoms with Crippen molar-refractivity contribution in [2.24, 2.45) is 0 Å². The van der Waals surface area contributed by atoms with E-state index in [0.29, 0.717) is 5.56 Å². The first kappa shape index (κ1) is 18.6. The molecule has 1 amide bonds. The van der Waals surface area contributed by atoms with Gasteiger partial charge in [-0.15, -0.1) is 0 Å². The lowest BCUT2D eigenvalue weighted by Gasteiger charge is -2.15. The van der Waals surface area contributed by atoms with E-state index in [2.05, 4.69) is 21.2 Å². The molecule has 0 aliphatic rings. The highest BCUT2D eigenvalue weighted by atomic mass is 79.9. The maximum absolute atomic E-state index is 12.3. The molecule has 0 aromatic heterocycles. The Morgan fingerprint density at radius 3 is 2.08 bits per heavy atom. The molecule has 0 fully saturated rings. The normalized spacial score (nSPS) is 12.9. The van der Waals surface area contributed by atoms with Crippen molar-refractivity contribution in [2.45, 2.75) is 17.9 Å². The molecule has 128 valence electrons. The minimum absolute atomic E-state index is 0.157. The van der Waals surface area contributed by atoms with Crippen LogP contribution in [-0.4, -0.2) is 32.7 Å². The predicted molar refractivity (Wildman–Crippen MR) is 97.3 cm³/mol. The van der Waals surface area contributed by atoms with Crippen LogP contribution in [0.15, 0.2) is 57.9 Å². The highest BCUT2D eigenvalue weighted by Gasteiger charge is 2.18. The van der Waals surface area contributed by atoms with Gasteiger partial charge in [-0.2, -0.15) is 0 Å². The van der Waals surface area contributed by atoms with Crippen LogP contribution in [0.1, 0.15) is 28.9 Å². The fourth-order valence-corrected chi connectivity index (χ4v) is 3.27. The van der Waals surface area contributed by atoms with Gasteiger partial charge in [0.1, 0.15) is 0 Å². The molecule has 0 heterocycles. The standard InChI is InChI=1S/C17H19BrN2O3S/c1-12(13-4-8-15(18)9-5-13)19-17(21)14-6-10-16(11-7-14)24(22,23)20(2)3/h4-12H,1-3H3,(H,19,21)/t12-/m1/s1. The van der Waals surface area contributed by atoms with E-state index in [-0.39, 0.29) is 16.8 Å². The summed E-state index contributed by atoms with van der Waals surface area (Å²) in [6.45, 7) is 1.89. The Morgan fingerprint density at radius 2 is 1.58 bits per heavy atom. The first-order valence-electron chi connectivity index (χ1n) is 7.31. The Hall–Kier alpha value is -1.70. The third kappa shape index (κ3) is 4.23. The molecule has 0 saturated carbocycles. The molecule has 0 unspecified atom stereocenters. The van der Waals surface area contributed by atoms with E-state index in [4.69, 9.17) is 0 Å². The van der Waals surface area contributed by atoms with E-state index in [1.165, 1.54) is 38.4 Å². The van der Waals surface area contributed by atoms with Crippen LogP contribution in [0, 0.1) is 0 Å². The van der Waals surface area contributed by atoms with Crippen LogP contribution < -0.4 is 5.32 Å². The summed E-state index contributed by atoms with van der Waals surface area (Å²) >= 11 is 3.38. The van der Waals surface area contributed by atoms with Gasteiger partial charge in [-0.3, -0.25) is 4.79 Å². The highest BCUT2D eigenvalue weighted by molar-refractivity contribution is 9.10. The van der Waals surface area contributed by atoms with Crippen LogP contribution in [0.25, 0.3) is 0 Å². The molecule has 0 saturated heterocycles. The summed E-state index contributed by atoms with van der Waals surface area (Å²) in [5.74, 6) is -0.251.